The van der Waals surface area contributed by atoms with Crippen LogP contribution in [0.25, 0.3) is 0 Å². The van der Waals surface area contributed by atoms with Gasteiger partial charge in [0.1, 0.15) is 5.75 Å². The van der Waals surface area contributed by atoms with Crippen LogP contribution < -0.4 is 10.6 Å². The van der Waals surface area contributed by atoms with E-state index < -0.39 is 0 Å². The summed E-state index contributed by atoms with van der Waals surface area (Å²) in [5.41, 5.74) is 1.11. The van der Waals surface area contributed by atoms with Gasteiger partial charge in [-0.3, -0.25) is 4.99 Å². The van der Waals surface area contributed by atoms with E-state index in [4.69, 9.17) is 4.99 Å². The van der Waals surface area contributed by atoms with Crippen molar-refractivity contribution >= 4 is 5.96 Å². The van der Waals surface area contributed by atoms with Gasteiger partial charge in [0.2, 0.25) is 0 Å². The number of hydrogen-bond donors (Lipinski definition) is 3. The third kappa shape index (κ3) is 7.34. The lowest BCUT2D eigenvalue weighted by molar-refractivity contribution is 0.203. The maximum atomic E-state index is 9.53. The van der Waals surface area contributed by atoms with Crippen molar-refractivity contribution in [1.29, 1.82) is 0 Å². The molecule has 1 aliphatic heterocycles. The molecule has 1 aliphatic rings. The van der Waals surface area contributed by atoms with Crippen molar-refractivity contribution in [2.24, 2.45) is 4.99 Å². The fraction of sp³-hybridized carbons (Fsp3) is 0.650. The summed E-state index contributed by atoms with van der Waals surface area (Å²) in [6.07, 6.45) is 5.77. The van der Waals surface area contributed by atoms with Crippen molar-refractivity contribution in [3.05, 3.63) is 29.8 Å². The standard InChI is InChI=1S/C20H34N4O/c1-3-5-13-24-14-10-18(11-15-24)23-20(21-4-2)22-12-9-17-7-6-8-19(25)16-17/h6-8,16,18,25H,3-5,9-15H2,1-2H3,(H2,21,22,23). The van der Waals surface area contributed by atoms with Crippen LogP contribution in [0.3, 0.4) is 0 Å². The van der Waals surface area contributed by atoms with E-state index in [1.54, 1.807) is 6.07 Å². The summed E-state index contributed by atoms with van der Waals surface area (Å²) in [6.45, 7) is 9.54. The van der Waals surface area contributed by atoms with Gasteiger partial charge >= 0.3 is 0 Å². The second-order valence-corrected chi connectivity index (χ2v) is 6.79. The number of guanidine groups is 1. The molecule has 0 radical (unpaired) electrons. The first-order valence-corrected chi connectivity index (χ1v) is 9.76. The SMILES string of the molecule is CCCCN1CCC(NC(=NCCc2cccc(O)c2)NCC)CC1. The number of aromatic hydroxyl groups is 1. The van der Waals surface area contributed by atoms with Crippen molar-refractivity contribution in [1.82, 2.24) is 15.5 Å². The number of nitrogens with one attached hydrogen (secondary N) is 2. The van der Waals surface area contributed by atoms with Crippen LogP contribution >= 0.6 is 0 Å². The summed E-state index contributed by atoms with van der Waals surface area (Å²) in [5.74, 6) is 1.23. The first-order valence-electron chi connectivity index (χ1n) is 9.76. The highest BCUT2D eigenvalue weighted by Crippen LogP contribution is 2.12. The zero-order chi connectivity index (χ0) is 17.9. The van der Waals surface area contributed by atoms with Crippen LogP contribution in [0.4, 0.5) is 0 Å². The minimum absolute atomic E-state index is 0.321. The number of benzene rings is 1. The van der Waals surface area contributed by atoms with Gasteiger partial charge in [-0.05, 0) is 56.8 Å². The van der Waals surface area contributed by atoms with Gasteiger partial charge in [0.25, 0.3) is 0 Å². The van der Waals surface area contributed by atoms with Crippen molar-refractivity contribution < 1.29 is 5.11 Å². The zero-order valence-corrected chi connectivity index (χ0v) is 15.8. The molecule has 1 saturated heterocycles. The minimum atomic E-state index is 0.321. The summed E-state index contributed by atoms with van der Waals surface area (Å²) in [4.78, 5) is 7.28. The molecule has 0 spiro atoms. The van der Waals surface area contributed by atoms with Crippen molar-refractivity contribution in [2.45, 2.75) is 52.0 Å². The average molecular weight is 347 g/mol. The van der Waals surface area contributed by atoms with Crippen molar-refractivity contribution in [3.8, 4) is 5.75 Å². The summed E-state index contributed by atoms with van der Waals surface area (Å²) in [6, 6.07) is 7.93. The molecule has 5 nitrogen and oxygen atoms in total. The molecule has 5 heteroatoms. The lowest BCUT2D eigenvalue weighted by Crippen LogP contribution is -2.48. The van der Waals surface area contributed by atoms with Gasteiger partial charge in [-0.1, -0.05) is 25.5 Å². The number of phenolic OH excluding ortho intramolecular Hbond substituents is 1. The minimum Gasteiger partial charge on any atom is -0.508 e. The van der Waals surface area contributed by atoms with Gasteiger partial charge < -0.3 is 20.6 Å². The number of likely N-dealkylation sites (tertiary alicyclic amines) is 1. The Morgan fingerprint density at radius 2 is 2.08 bits per heavy atom. The Labute approximate surface area is 152 Å². The largest absolute Gasteiger partial charge is 0.508 e. The first kappa shape index (κ1) is 19.6. The summed E-state index contributed by atoms with van der Waals surface area (Å²) in [7, 11) is 0. The molecule has 0 bridgehead atoms. The highest BCUT2D eigenvalue weighted by molar-refractivity contribution is 5.80. The predicted molar refractivity (Wildman–Crippen MR) is 105 cm³/mol. The van der Waals surface area contributed by atoms with E-state index in [9.17, 15) is 5.11 Å². The predicted octanol–water partition coefficient (Wildman–Crippen LogP) is 2.75. The van der Waals surface area contributed by atoms with Gasteiger partial charge in [0, 0.05) is 32.2 Å². The van der Waals surface area contributed by atoms with Crippen molar-refractivity contribution in [3.63, 3.8) is 0 Å². The number of phenols is 1. The maximum absolute atomic E-state index is 9.53. The third-order valence-electron chi connectivity index (χ3n) is 4.68. The highest BCUT2D eigenvalue weighted by atomic mass is 16.3. The number of piperidine rings is 1. The summed E-state index contributed by atoms with van der Waals surface area (Å²) < 4.78 is 0. The molecule has 1 heterocycles. The normalized spacial score (nSPS) is 16.8. The van der Waals surface area contributed by atoms with E-state index in [1.807, 2.05) is 18.2 Å². The number of hydrogen-bond acceptors (Lipinski definition) is 3. The number of aliphatic imine (C=N–C) groups is 1. The van der Waals surface area contributed by atoms with E-state index >= 15 is 0 Å². The maximum Gasteiger partial charge on any atom is 0.191 e. The monoisotopic (exact) mass is 346 g/mol. The molecule has 0 unspecified atom stereocenters. The molecule has 25 heavy (non-hydrogen) atoms. The second kappa shape index (κ2) is 11.0. The lowest BCUT2D eigenvalue weighted by atomic mass is 10.0. The Bertz CT molecular complexity index is 524. The smallest absolute Gasteiger partial charge is 0.191 e. The van der Waals surface area contributed by atoms with E-state index in [1.165, 1.54) is 45.3 Å². The first-order chi connectivity index (χ1) is 12.2. The molecule has 0 atom stereocenters. The van der Waals surface area contributed by atoms with Crippen LogP contribution in [-0.4, -0.2) is 54.7 Å². The highest BCUT2D eigenvalue weighted by Gasteiger charge is 2.19. The third-order valence-corrected chi connectivity index (χ3v) is 4.68. The molecule has 1 aromatic rings. The number of unbranched alkanes of at least 4 members (excludes halogenated alkanes) is 1. The summed E-state index contributed by atoms with van der Waals surface area (Å²) in [5, 5.41) is 16.5. The van der Waals surface area contributed by atoms with Crippen LogP contribution in [0.2, 0.25) is 0 Å². The van der Waals surface area contributed by atoms with E-state index in [0.717, 1.165) is 24.5 Å². The van der Waals surface area contributed by atoms with Gasteiger partial charge in [0.05, 0.1) is 0 Å². The molecule has 1 aromatic carbocycles. The average Bonchev–Trinajstić information content (AvgIpc) is 2.61. The Morgan fingerprint density at radius 1 is 1.28 bits per heavy atom. The molecule has 1 fully saturated rings. The molecule has 2 rings (SSSR count). The van der Waals surface area contributed by atoms with Gasteiger partial charge in [0.15, 0.2) is 5.96 Å². The Morgan fingerprint density at radius 3 is 2.76 bits per heavy atom. The Hall–Kier alpha value is -1.75. The second-order valence-electron chi connectivity index (χ2n) is 6.79. The number of nitrogens with zero attached hydrogens (tertiary/aromatic N) is 2. The van der Waals surface area contributed by atoms with Gasteiger partial charge in [-0.15, -0.1) is 0 Å². The fourth-order valence-corrected chi connectivity index (χ4v) is 3.20. The Balaban J connectivity index is 1.78. The fourth-order valence-electron chi connectivity index (χ4n) is 3.20. The van der Waals surface area contributed by atoms with Crippen LogP contribution in [0.1, 0.15) is 45.1 Å². The molecule has 0 saturated carbocycles. The van der Waals surface area contributed by atoms with Crippen LogP contribution in [0.15, 0.2) is 29.3 Å². The van der Waals surface area contributed by atoms with Gasteiger partial charge in [-0.2, -0.15) is 0 Å². The van der Waals surface area contributed by atoms with Crippen LogP contribution in [-0.2, 0) is 6.42 Å². The van der Waals surface area contributed by atoms with Crippen molar-refractivity contribution in [2.75, 3.05) is 32.7 Å². The molecule has 0 amide bonds. The number of rotatable bonds is 8. The molecule has 3 N–H and O–H groups in total. The molecule has 0 aromatic heterocycles. The summed E-state index contributed by atoms with van der Waals surface area (Å²) >= 11 is 0. The molecular formula is C20H34N4O. The molecular weight excluding hydrogens is 312 g/mol. The Kier molecular flexibility index (Phi) is 8.60. The van der Waals surface area contributed by atoms with E-state index in [0.29, 0.717) is 18.3 Å². The van der Waals surface area contributed by atoms with Gasteiger partial charge in [-0.25, -0.2) is 0 Å². The lowest BCUT2D eigenvalue weighted by Gasteiger charge is -2.33. The van der Waals surface area contributed by atoms with E-state index in [2.05, 4.69) is 29.4 Å². The molecule has 140 valence electrons. The van der Waals surface area contributed by atoms with Crippen LogP contribution in [0, 0.1) is 0 Å². The van der Waals surface area contributed by atoms with E-state index in [-0.39, 0.29) is 0 Å². The molecule has 0 aliphatic carbocycles. The quantitative estimate of drug-likeness (QED) is 0.500. The topological polar surface area (TPSA) is 59.9 Å². The van der Waals surface area contributed by atoms with Crippen LogP contribution in [0.5, 0.6) is 5.75 Å². The zero-order valence-electron chi connectivity index (χ0n) is 15.8.